The molecule has 1 saturated heterocycles. The van der Waals surface area contributed by atoms with Crippen molar-refractivity contribution >= 4 is 28.0 Å². The van der Waals surface area contributed by atoms with Crippen molar-refractivity contribution in [3.05, 3.63) is 72.4 Å². The number of carbonyl (C=O) groups excluding carboxylic acids is 1. The van der Waals surface area contributed by atoms with Crippen molar-refractivity contribution in [1.82, 2.24) is 19.4 Å². The summed E-state index contributed by atoms with van der Waals surface area (Å²) in [5.74, 6) is -0.0309. The number of fused-ring (bicyclic) bond motifs is 1. The Kier molecular flexibility index (Phi) is 7.04. The first kappa shape index (κ1) is 24.4. The molecule has 0 bridgehead atoms. The molecule has 0 radical (unpaired) electrons. The van der Waals surface area contributed by atoms with Gasteiger partial charge in [0.15, 0.2) is 4.90 Å². The molecule has 4 aromatic rings. The Morgan fingerprint density at radius 3 is 2.72 bits per heavy atom. The summed E-state index contributed by atoms with van der Waals surface area (Å²) in [7, 11) is 1.67. The molecule has 5 rings (SSSR count). The summed E-state index contributed by atoms with van der Waals surface area (Å²) in [5, 5.41) is 0.770. The maximum Gasteiger partial charge on any atom is 0.254 e. The first-order chi connectivity index (χ1) is 17.5. The van der Waals surface area contributed by atoms with Crippen LogP contribution in [0.1, 0.15) is 29.6 Å². The molecule has 2 aromatic heterocycles. The van der Waals surface area contributed by atoms with Crippen LogP contribution in [0.5, 0.6) is 0 Å². The summed E-state index contributed by atoms with van der Waals surface area (Å²) >= 11 is -1.26. The van der Waals surface area contributed by atoms with Crippen LogP contribution in [0.3, 0.4) is 0 Å². The Labute approximate surface area is 212 Å². The first-order valence-corrected chi connectivity index (χ1v) is 13.4. The van der Waals surface area contributed by atoms with E-state index in [-0.39, 0.29) is 17.8 Å². The topological polar surface area (TPSA) is 83.3 Å². The number of methoxy groups -OCH3 is 1. The number of rotatable bonds is 7. The van der Waals surface area contributed by atoms with Gasteiger partial charge in [-0.3, -0.25) is 9.36 Å². The van der Waals surface area contributed by atoms with Gasteiger partial charge in [0.1, 0.15) is 12.1 Å². The van der Waals surface area contributed by atoms with E-state index in [1.165, 1.54) is 6.07 Å². The van der Waals surface area contributed by atoms with Crippen molar-refractivity contribution in [2.75, 3.05) is 26.5 Å². The molecule has 0 aliphatic carbocycles. The maximum atomic E-state index is 14.2. The number of carbonyl (C=O) groups is 1. The normalized spacial score (nSPS) is 16.6. The van der Waals surface area contributed by atoms with Crippen LogP contribution >= 0.6 is 0 Å². The van der Waals surface area contributed by atoms with Gasteiger partial charge in [0, 0.05) is 55.4 Å². The Balaban J connectivity index is 1.52. The number of ether oxygens (including phenoxy) is 1. The Hall–Kier alpha value is -3.27. The van der Waals surface area contributed by atoms with Crippen molar-refractivity contribution in [1.29, 1.82) is 0 Å². The second kappa shape index (κ2) is 10.4. The molecule has 1 aliphatic heterocycles. The van der Waals surface area contributed by atoms with Crippen LogP contribution < -0.4 is 0 Å². The molecule has 0 spiro atoms. The minimum Gasteiger partial charge on any atom is -0.612 e. The van der Waals surface area contributed by atoms with Crippen LogP contribution in [0.15, 0.2) is 66.0 Å². The lowest BCUT2D eigenvalue weighted by Crippen LogP contribution is -2.36. The molecular formula is C27H27FN4O3S. The highest BCUT2D eigenvalue weighted by Crippen LogP contribution is 2.30. The van der Waals surface area contributed by atoms with Crippen LogP contribution in [0.4, 0.5) is 4.39 Å². The van der Waals surface area contributed by atoms with Crippen molar-refractivity contribution in [2.45, 2.75) is 30.2 Å². The van der Waals surface area contributed by atoms with Crippen molar-refractivity contribution in [2.24, 2.45) is 0 Å². The number of halogens is 1. The molecule has 186 valence electrons. The summed E-state index contributed by atoms with van der Waals surface area (Å²) in [6.45, 7) is 1.33. The van der Waals surface area contributed by atoms with Gasteiger partial charge in [0.2, 0.25) is 5.95 Å². The van der Waals surface area contributed by atoms with Crippen molar-refractivity contribution < 1.29 is 18.5 Å². The number of benzene rings is 2. The standard InChI is InChI=1S/C27H27FN4O3S/c1-35-13-11-20-6-5-12-31(20)26(33)18-9-10-22-24(14-18)32(17-25(22)36(2)34)27-29-15-19(16-30-27)21-7-3-4-8-23(21)28/h3-4,7-10,14-17,20H,5-6,11-13H2,1-2H3/t20-,36?/m0/s1. The molecule has 1 unspecified atom stereocenters. The summed E-state index contributed by atoms with van der Waals surface area (Å²) in [5.41, 5.74) is 2.22. The van der Waals surface area contributed by atoms with Gasteiger partial charge in [-0.15, -0.1) is 0 Å². The average molecular weight is 507 g/mol. The first-order valence-electron chi connectivity index (χ1n) is 11.8. The number of amides is 1. The smallest absolute Gasteiger partial charge is 0.254 e. The monoisotopic (exact) mass is 506 g/mol. The van der Waals surface area contributed by atoms with E-state index in [0.29, 0.717) is 39.7 Å². The largest absolute Gasteiger partial charge is 0.612 e. The third kappa shape index (κ3) is 4.61. The zero-order valence-electron chi connectivity index (χ0n) is 20.2. The summed E-state index contributed by atoms with van der Waals surface area (Å²) in [6, 6.07) is 12.1. The van der Waals surface area contributed by atoms with Gasteiger partial charge in [0.05, 0.1) is 17.1 Å². The fourth-order valence-corrected chi connectivity index (χ4v) is 5.56. The zero-order valence-corrected chi connectivity index (χ0v) is 21.0. The van der Waals surface area contributed by atoms with E-state index in [0.717, 1.165) is 31.2 Å². The van der Waals surface area contributed by atoms with Gasteiger partial charge in [-0.1, -0.05) is 18.2 Å². The molecule has 7 nitrogen and oxygen atoms in total. The van der Waals surface area contributed by atoms with Gasteiger partial charge in [-0.25, -0.2) is 14.4 Å². The molecule has 1 amide bonds. The molecular weight excluding hydrogens is 479 g/mol. The van der Waals surface area contributed by atoms with Crippen molar-refractivity contribution in [3.63, 3.8) is 0 Å². The lowest BCUT2D eigenvalue weighted by molar-refractivity contribution is 0.0703. The quantitative estimate of drug-likeness (QED) is 0.342. The third-order valence-corrected chi connectivity index (χ3v) is 7.60. The van der Waals surface area contributed by atoms with Gasteiger partial charge in [0.25, 0.3) is 5.91 Å². The lowest BCUT2D eigenvalue weighted by atomic mass is 10.1. The molecule has 1 aliphatic rings. The number of hydrogen-bond donors (Lipinski definition) is 0. The van der Waals surface area contributed by atoms with E-state index < -0.39 is 11.2 Å². The molecule has 1 fully saturated rings. The minimum atomic E-state index is -1.26. The highest BCUT2D eigenvalue weighted by atomic mass is 32.2. The maximum absolute atomic E-state index is 14.2. The van der Waals surface area contributed by atoms with E-state index in [2.05, 4.69) is 9.97 Å². The predicted molar refractivity (Wildman–Crippen MR) is 137 cm³/mol. The summed E-state index contributed by atoms with van der Waals surface area (Å²) in [6.07, 6.45) is 9.23. The van der Waals surface area contributed by atoms with E-state index in [4.69, 9.17) is 4.74 Å². The summed E-state index contributed by atoms with van der Waals surface area (Å²) in [4.78, 5) is 24.9. The van der Waals surface area contributed by atoms with Gasteiger partial charge >= 0.3 is 0 Å². The molecule has 3 heterocycles. The van der Waals surface area contributed by atoms with Crippen LogP contribution in [0, 0.1) is 5.82 Å². The lowest BCUT2D eigenvalue weighted by Gasteiger charge is -2.24. The van der Waals surface area contributed by atoms with Gasteiger partial charge < -0.3 is 14.2 Å². The van der Waals surface area contributed by atoms with E-state index in [1.54, 1.807) is 60.8 Å². The number of aromatic nitrogens is 3. The highest BCUT2D eigenvalue weighted by molar-refractivity contribution is 7.91. The molecule has 0 saturated carbocycles. The number of likely N-dealkylation sites (tertiary alicyclic amines) is 1. The molecule has 2 atom stereocenters. The Bertz CT molecular complexity index is 1390. The van der Waals surface area contributed by atoms with E-state index in [1.807, 2.05) is 17.0 Å². The van der Waals surface area contributed by atoms with Gasteiger partial charge in [-0.05, 0) is 54.7 Å². The van der Waals surface area contributed by atoms with Crippen LogP contribution in [0.2, 0.25) is 0 Å². The van der Waals surface area contributed by atoms with E-state index in [9.17, 15) is 13.7 Å². The minimum absolute atomic E-state index is 0.0294. The van der Waals surface area contributed by atoms with Crippen molar-refractivity contribution in [3.8, 4) is 17.1 Å². The third-order valence-electron chi connectivity index (χ3n) is 6.66. The second-order valence-electron chi connectivity index (χ2n) is 8.88. The summed E-state index contributed by atoms with van der Waals surface area (Å²) < 4.78 is 33.6. The predicted octanol–water partition coefficient (Wildman–Crippen LogP) is 4.61. The Morgan fingerprint density at radius 1 is 1.22 bits per heavy atom. The molecule has 9 heteroatoms. The Morgan fingerprint density at radius 2 is 2.00 bits per heavy atom. The van der Waals surface area contributed by atoms with Crippen LogP contribution in [-0.4, -0.2) is 62.5 Å². The average Bonchev–Trinajstić information content (AvgIpc) is 3.52. The van der Waals surface area contributed by atoms with Crippen LogP contribution in [0.25, 0.3) is 28.0 Å². The zero-order chi connectivity index (χ0) is 25.2. The molecule has 0 N–H and O–H groups in total. The number of hydrogen-bond acceptors (Lipinski definition) is 5. The number of nitrogens with zero attached hydrogens (tertiary/aromatic N) is 4. The highest BCUT2D eigenvalue weighted by Gasteiger charge is 2.30. The fourth-order valence-electron chi connectivity index (χ4n) is 4.83. The fraction of sp³-hybridized carbons (Fsp3) is 0.296. The van der Waals surface area contributed by atoms with Gasteiger partial charge in [-0.2, -0.15) is 0 Å². The second-order valence-corrected chi connectivity index (χ2v) is 10.2. The van der Waals surface area contributed by atoms with E-state index >= 15 is 0 Å². The molecule has 2 aromatic carbocycles. The molecule has 36 heavy (non-hydrogen) atoms. The van der Waals surface area contributed by atoms with Crippen LogP contribution in [-0.2, 0) is 15.9 Å². The SMILES string of the molecule is COCC[C@@H]1CCCN1C(=O)c1ccc2c([S+](C)[O-])cn(-c3ncc(-c4ccccc4F)cn3)c2c1.